The summed E-state index contributed by atoms with van der Waals surface area (Å²) in [6.07, 6.45) is 0.984. The van der Waals surface area contributed by atoms with Crippen molar-refractivity contribution < 1.29 is 14.4 Å². The maximum atomic E-state index is 11.6. The molecule has 0 radical (unpaired) electrons. The molecule has 0 aromatic heterocycles. The highest BCUT2D eigenvalue weighted by atomic mass is 16.5. The molecule has 0 aliphatic carbocycles. The van der Waals surface area contributed by atoms with E-state index in [9.17, 15) is 4.79 Å². The number of amides is 1. The van der Waals surface area contributed by atoms with Gasteiger partial charge in [-0.25, -0.2) is 0 Å². The SMILES string of the molecule is Cc1cc(C)cc(OCC(=O)NCCC[NH+](C)C)c1. The molecule has 0 heterocycles. The van der Waals surface area contributed by atoms with E-state index in [0.717, 1.165) is 29.8 Å². The summed E-state index contributed by atoms with van der Waals surface area (Å²) in [5.74, 6) is 0.693. The fourth-order valence-electron chi connectivity index (χ4n) is 1.89. The van der Waals surface area contributed by atoms with E-state index in [0.29, 0.717) is 6.54 Å². The highest BCUT2D eigenvalue weighted by molar-refractivity contribution is 5.77. The zero-order valence-corrected chi connectivity index (χ0v) is 12.4. The molecule has 0 aliphatic rings. The largest absolute Gasteiger partial charge is 0.484 e. The predicted molar refractivity (Wildman–Crippen MR) is 76.7 cm³/mol. The van der Waals surface area contributed by atoms with E-state index < -0.39 is 0 Å². The van der Waals surface area contributed by atoms with E-state index in [1.54, 1.807) is 0 Å². The Kier molecular flexibility index (Phi) is 6.36. The molecule has 0 spiro atoms. The zero-order valence-electron chi connectivity index (χ0n) is 12.4. The number of carbonyl (C=O) groups excluding carboxylic acids is 1. The van der Waals surface area contributed by atoms with Crippen LogP contribution in [0.1, 0.15) is 17.5 Å². The standard InChI is InChI=1S/C15H24N2O2/c1-12-8-13(2)10-14(9-12)19-11-15(18)16-6-5-7-17(3)4/h8-10H,5-7,11H2,1-4H3,(H,16,18)/p+1. The van der Waals surface area contributed by atoms with E-state index in [1.807, 2.05) is 26.0 Å². The van der Waals surface area contributed by atoms with Gasteiger partial charge in [-0.1, -0.05) is 6.07 Å². The summed E-state index contributed by atoms with van der Waals surface area (Å²) in [7, 11) is 4.20. The van der Waals surface area contributed by atoms with E-state index >= 15 is 0 Å². The van der Waals surface area contributed by atoms with Gasteiger partial charge in [0.25, 0.3) is 5.91 Å². The van der Waals surface area contributed by atoms with E-state index in [1.165, 1.54) is 4.90 Å². The lowest BCUT2D eigenvalue weighted by atomic mass is 10.1. The van der Waals surface area contributed by atoms with Crippen molar-refractivity contribution in [2.45, 2.75) is 20.3 Å². The highest BCUT2D eigenvalue weighted by Crippen LogP contribution is 2.15. The Bertz CT molecular complexity index is 396. The zero-order chi connectivity index (χ0) is 14.3. The lowest BCUT2D eigenvalue weighted by Crippen LogP contribution is -3.05. The predicted octanol–water partition coefficient (Wildman–Crippen LogP) is 0.333. The molecule has 0 saturated heterocycles. The average molecular weight is 265 g/mol. The van der Waals surface area contributed by atoms with Crippen molar-refractivity contribution in [1.82, 2.24) is 5.32 Å². The van der Waals surface area contributed by atoms with Crippen LogP contribution in [0.3, 0.4) is 0 Å². The van der Waals surface area contributed by atoms with Gasteiger partial charge in [-0.05, 0) is 37.1 Å². The molecule has 1 aromatic rings. The minimum Gasteiger partial charge on any atom is -0.484 e. The lowest BCUT2D eigenvalue weighted by Gasteiger charge is -2.10. The monoisotopic (exact) mass is 265 g/mol. The number of nitrogens with one attached hydrogen (secondary N) is 2. The number of hydrogen-bond acceptors (Lipinski definition) is 2. The first-order chi connectivity index (χ1) is 8.97. The molecule has 2 N–H and O–H groups in total. The molecule has 1 rings (SSSR count). The van der Waals surface area contributed by atoms with Crippen LogP contribution in [0, 0.1) is 13.8 Å². The topological polar surface area (TPSA) is 42.8 Å². The maximum absolute atomic E-state index is 11.6. The van der Waals surface area contributed by atoms with E-state index in [2.05, 4.69) is 25.5 Å². The van der Waals surface area contributed by atoms with Crippen LogP contribution in [0.5, 0.6) is 5.75 Å². The summed E-state index contributed by atoms with van der Waals surface area (Å²) in [5.41, 5.74) is 2.29. The molecule has 4 heteroatoms. The Morgan fingerprint density at radius 3 is 2.42 bits per heavy atom. The Hall–Kier alpha value is -1.55. The number of carbonyl (C=O) groups is 1. The third-order valence-corrected chi connectivity index (χ3v) is 2.74. The number of ether oxygens (including phenoxy) is 1. The first-order valence-corrected chi connectivity index (χ1v) is 6.74. The Morgan fingerprint density at radius 2 is 1.84 bits per heavy atom. The van der Waals surface area contributed by atoms with Crippen molar-refractivity contribution in [3.63, 3.8) is 0 Å². The molecule has 106 valence electrons. The summed E-state index contributed by atoms with van der Waals surface area (Å²) < 4.78 is 5.49. The maximum Gasteiger partial charge on any atom is 0.257 e. The summed E-state index contributed by atoms with van der Waals surface area (Å²) in [5, 5.41) is 2.86. The molecule has 0 atom stereocenters. The molecule has 0 saturated carbocycles. The second-order valence-electron chi connectivity index (χ2n) is 5.27. The summed E-state index contributed by atoms with van der Waals surface area (Å²) in [6, 6.07) is 5.96. The second-order valence-corrected chi connectivity index (χ2v) is 5.27. The van der Waals surface area contributed by atoms with Crippen molar-refractivity contribution in [2.75, 3.05) is 33.8 Å². The highest BCUT2D eigenvalue weighted by Gasteiger charge is 2.03. The first kappa shape index (κ1) is 15.5. The van der Waals surface area contributed by atoms with Gasteiger partial charge in [0.05, 0.1) is 20.6 Å². The van der Waals surface area contributed by atoms with Crippen LogP contribution in [0.2, 0.25) is 0 Å². The Morgan fingerprint density at radius 1 is 1.21 bits per heavy atom. The van der Waals surface area contributed by atoms with Crippen LogP contribution in [0.4, 0.5) is 0 Å². The molecular formula is C15H25N2O2+. The van der Waals surface area contributed by atoms with E-state index in [4.69, 9.17) is 4.74 Å². The first-order valence-electron chi connectivity index (χ1n) is 6.74. The molecule has 19 heavy (non-hydrogen) atoms. The van der Waals surface area contributed by atoms with Crippen molar-refractivity contribution in [3.05, 3.63) is 29.3 Å². The van der Waals surface area contributed by atoms with Gasteiger partial charge in [-0.15, -0.1) is 0 Å². The van der Waals surface area contributed by atoms with E-state index in [-0.39, 0.29) is 12.5 Å². The third kappa shape index (κ3) is 6.82. The molecule has 0 fully saturated rings. The third-order valence-electron chi connectivity index (χ3n) is 2.74. The molecule has 4 nitrogen and oxygen atoms in total. The average Bonchev–Trinajstić information content (AvgIpc) is 2.31. The van der Waals surface area contributed by atoms with Crippen LogP contribution in [-0.2, 0) is 4.79 Å². The van der Waals surface area contributed by atoms with Gasteiger partial charge in [0.2, 0.25) is 0 Å². The van der Waals surface area contributed by atoms with Crippen LogP contribution < -0.4 is 15.0 Å². The normalized spacial score (nSPS) is 10.6. The number of aryl methyl sites for hydroxylation is 2. The number of quaternary nitrogens is 1. The van der Waals surface area contributed by atoms with Crippen molar-refractivity contribution in [3.8, 4) is 5.75 Å². The molecule has 0 bridgehead atoms. The lowest BCUT2D eigenvalue weighted by molar-refractivity contribution is -0.858. The van der Waals surface area contributed by atoms with Crippen LogP contribution >= 0.6 is 0 Å². The summed E-state index contributed by atoms with van der Waals surface area (Å²) in [4.78, 5) is 13.0. The van der Waals surface area contributed by atoms with Gasteiger partial charge in [0.1, 0.15) is 5.75 Å². The fraction of sp³-hybridized carbons (Fsp3) is 0.533. The van der Waals surface area contributed by atoms with Crippen LogP contribution in [0.25, 0.3) is 0 Å². The molecule has 0 aliphatic heterocycles. The summed E-state index contributed by atoms with van der Waals surface area (Å²) >= 11 is 0. The quantitative estimate of drug-likeness (QED) is 0.698. The Balaban J connectivity index is 2.26. The number of rotatable bonds is 7. The minimum atomic E-state index is -0.0621. The number of benzene rings is 1. The van der Waals surface area contributed by atoms with Gasteiger partial charge in [-0.2, -0.15) is 0 Å². The van der Waals surface area contributed by atoms with Gasteiger partial charge in [0.15, 0.2) is 6.61 Å². The van der Waals surface area contributed by atoms with Gasteiger partial charge in [0, 0.05) is 13.0 Å². The van der Waals surface area contributed by atoms with Crippen LogP contribution in [0.15, 0.2) is 18.2 Å². The fourth-order valence-corrected chi connectivity index (χ4v) is 1.89. The molecule has 1 amide bonds. The molecule has 1 aromatic carbocycles. The molecule has 0 unspecified atom stereocenters. The van der Waals surface area contributed by atoms with Crippen molar-refractivity contribution in [1.29, 1.82) is 0 Å². The molecular weight excluding hydrogens is 240 g/mol. The van der Waals surface area contributed by atoms with Crippen molar-refractivity contribution >= 4 is 5.91 Å². The smallest absolute Gasteiger partial charge is 0.257 e. The van der Waals surface area contributed by atoms with Gasteiger partial charge < -0.3 is 15.0 Å². The van der Waals surface area contributed by atoms with Crippen molar-refractivity contribution in [2.24, 2.45) is 0 Å². The number of hydrogen-bond donors (Lipinski definition) is 2. The second kappa shape index (κ2) is 7.79. The minimum absolute atomic E-state index is 0.0621. The Labute approximate surface area is 115 Å². The van der Waals surface area contributed by atoms with Gasteiger partial charge in [-0.3, -0.25) is 4.79 Å². The summed E-state index contributed by atoms with van der Waals surface area (Å²) in [6.45, 7) is 5.88. The van der Waals surface area contributed by atoms with Gasteiger partial charge >= 0.3 is 0 Å². The van der Waals surface area contributed by atoms with Crippen LogP contribution in [-0.4, -0.2) is 39.7 Å².